The molecule has 0 aromatic heterocycles. The van der Waals surface area contributed by atoms with E-state index in [1.165, 1.54) is 12.2 Å². The van der Waals surface area contributed by atoms with Crippen molar-refractivity contribution in [2.45, 2.75) is 6.92 Å². The first-order chi connectivity index (χ1) is 5.70. The van der Waals surface area contributed by atoms with Crippen LogP contribution in [0.5, 0.6) is 0 Å². The maximum atomic E-state index is 9.09. The molecule has 12 heavy (non-hydrogen) atoms. The monoisotopic (exact) mass is 170 g/mol. The molecule has 0 unspecified atom stereocenters. The minimum Gasteiger partial charge on any atom is -0.508 e. The van der Waals surface area contributed by atoms with Crippen molar-refractivity contribution in [2.24, 2.45) is 0 Å². The van der Waals surface area contributed by atoms with Crippen LogP contribution < -0.4 is 0 Å². The second-order valence-corrected chi connectivity index (χ2v) is 2.11. The summed E-state index contributed by atoms with van der Waals surface area (Å²) in [5.74, 6) is 0.417. The Kier molecular flexibility index (Phi) is 5.83. The van der Waals surface area contributed by atoms with E-state index < -0.39 is 0 Å². The largest absolute Gasteiger partial charge is 0.508 e. The topological polar surface area (TPSA) is 49.7 Å². The zero-order valence-electron chi connectivity index (χ0n) is 7.16. The molecule has 0 bridgehead atoms. The van der Waals surface area contributed by atoms with Crippen molar-refractivity contribution in [2.75, 3.05) is 13.2 Å². The fraction of sp³-hybridized carbons (Fsp3) is 0.333. The molecule has 0 heterocycles. The smallest absolute Gasteiger partial charge is 0.118 e. The van der Waals surface area contributed by atoms with Crippen LogP contribution in [0.2, 0.25) is 0 Å². The molecule has 0 aliphatic heterocycles. The van der Waals surface area contributed by atoms with E-state index >= 15 is 0 Å². The zero-order valence-corrected chi connectivity index (χ0v) is 7.16. The minimum atomic E-state index is -0.0583. The molecule has 0 aliphatic rings. The van der Waals surface area contributed by atoms with Crippen molar-refractivity contribution in [3.63, 3.8) is 0 Å². The quantitative estimate of drug-likeness (QED) is 0.486. The lowest BCUT2D eigenvalue weighted by molar-refractivity contribution is 0.152. The molecule has 0 aromatic rings. The maximum absolute atomic E-state index is 9.09. The molecule has 0 fully saturated rings. The summed E-state index contributed by atoms with van der Waals surface area (Å²) in [5.41, 5.74) is 0. The van der Waals surface area contributed by atoms with Crippen LogP contribution in [0.15, 0.2) is 36.3 Å². The molecule has 0 atom stereocenters. The lowest BCUT2D eigenvalue weighted by Crippen LogP contribution is -1.96. The van der Waals surface area contributed by atoms with Crippen molar-refractivity contribution < 1.29 is 14.9 Å². The Morgan fingerprint density at radius 2 is 2.25 bits per heavy atom. The molecule has 0 amide bonds. The van der Waals surface area contributed by atoms with Crippen molar-refractivity contribution in [3.05, 3.63) is 36.3 Å². The van der Waals surface area contributed by atoms with Gasteiger partial charge in [-0.15, -0.1) is 0 Å². The first-order valence-corrected chi connectivity index (χ1v) is 3.66. The molecule has 0 aliphatic carbocycles. The third-order valence-electron chi connectivity index (χ3n) is 1.03. The van der Waals surface area contributed by atoms with Crippen LogP contribution in [0.1, 0.15) is 6.92 Å². The Morgan fingerprint density at radius 3 is 2.75 bits per heavy atom. The summed E-state index contributed by atoms with van der Waals surface area (Å²) in [6.45, 7) is 5.44. The standard InChI is InChI=1S/C9H14O3/c1-3-4-9(11)7-8(2)12-6-5-10/h3-4,7,10-11H,2,5-6H2,1H3/b4-3-,9-7+. The van der Waals surface area contributed by atoms with Crippen LogP contribution in [0, 0.1) is 0 Å². The Hall–Kier alpha value is -1.22. The van der Waals surface area contributed by atoms with E-state index in [9.17, 15) is 0 Å². The van der Waals surface area contributed by atoms with E-state index in [4.69, 9.17) is 14.9 Å². The minimum absolute atomic E-state index is 0.0583. The van der Waals surface area contributed by atoms with Crippen molar-refractivity contribution >= 4 is 0 Å². The predicted octanol–water partition coefficient (Wildman–Crippen LogP) is 1.53. The number of aliphatic hydroxyl groups excluding tert-OH is 2. The molecule has 0 rings (SSSR count). The van der Waals surface area contributed by atoms with Gasteiger partial charge in [0, 0.05) is 6.08 Å². The second kappa shape index (κ2) is 6.49. The van der Waals surface area contributed by atoms with Crippen LogP contribution in [0.4, 0.5) is 0 Å². The van der Waals surface area contributed by atoms with Crippen molar-refractivity contribution in [1.82, 2.24) is 0 Å². The molecule has 0 aromatic carbocycles. The van der Waals surface area contributed by atoms with Gasteiger partial charge >= 0.3 is 0 Å². The van der Waals surface area contributed by atoms with E-state index in [0.717, 1.165) is 0 Å². The van der Waals surface area contributed by atoms with Crippen molar-refractivity contribution in [1.29, 1.82) is 0 Å². The maximum Gasteiger partial charge on any atom is 0.118 e. The number of allylic oxidation sites excluding steroid dienone is 3. The van der Waals surface area contributed by atoms with E-state index in [1.807, 2.05) is 0 Å². The summed E-state index contributed by atoms with van der Waals surface area (Å²) in [5, 5.41) is 17.5. The van der Waals surface area contributed by atoms with Gasteiger partial charge in [0.15, 0.2) is 0 Å². The summed E-state index contributed by atoms with van der Waals surface area (Å²) in [6, 6.07) is 0. The Morgan fingerprint density at radius 1 is 1.58 bits per heavy atom. The van der Waals surface area contributed by atoms with Crippen molar-refractivity contribution in [3.8, 4) is 0 Å². The molecule has 3 nitrogen and oxygen atoms in total. The van der Waals surface area contributed by atoms with Gasteiger partial charge in [0.05, 0.1) is 6.61 Å². The molecule has 0 saturated heterocycles. The fourth-order valence-corrected chi connectivity index (χ4v) is 0.602. The van der Waals surface area contributed by atoms with Gasteiger partial charge in [-0.3, -0.25) is 0 Å². The van der Waals surface area contributed by atoms with Gasteiger partial charge in [0.2, 0.25) is 0 Å². The highest BCUT2D eigenvalue weighted by atomic mass is 16.5. The fourth-order valence-electron chi connectivity index (χ4n) is 0.602. The van der Waals surface area contributed by atoms with Gasteiger partial charge in [-0.2, -0.15) is 0 Å². The average molecular weight is 170 g/mol. The van der Waals surface area contributed by atoms with Crippen LogP contribution >= 0.6 is 0 Å². The highest BCUT2D eigenvalue weighted by molar-refractivity contribution is 5.19. The van der Waals surface area contributed by atoms with E-state index in [0.29, 0.717) is 5.76 Å². The molecular weight excluding hydrogens is 156 g/mol. The SMILES string of the molecule is C=C(/C=C(O)\C=C/C)OCCO. The second-order valence-electron chi connectivity index (χ2n) is 2.11. The molecule has 3 heteroatoms. The Bertz CT molecular complexity index is 192. The van der Waals surface area contributed by atoms with Crippen LogP contribution in [-0.2, 0) is 4.74 Å². The Balaban J connectivity index is 3.88. The summed E-state index contributed by atoms with van der Waals surface area (Å²) >= 11 is 0. The third kappa shape index (κ3) is 5.56. The number of hydrogen-bond donors (Lipinski definition) is 2. The highest BCUT2D eigenvalue weighted by Gasteiger charge is 1.90. The van der Waals surface area contributed by atoms with E-state index in [1.54, 1.807) is 13.0 Å². The third-order valence-corrected chi connectivity index (χ3v) is 1.03. The molecular formula is C9H14O3. The lowest BCUT2D eigenvalue weighted by atomic mass is 10.4. The Labute approximate surface area is 72.3 Å². The lowest BCUT2D eigenvalue weighted by Gasteiger charge is -2.02. The van der Waals surface area contributed by atoms with Gasteiger partial charge < -0.3 is 14.9 Å². The molecule has 0 radical (unpaired) electrons. The van der Waals surface area contributed by atoms with Gasteiger partial charge in [-0.05, 0) is 13.0 Å². The van der Waals surface area contributed by atoms with Crippen LogP contribution in [0.25, 0.3) is 0 Å². The zero-order chi connectivity index (χ0) is 9.40. The van der Waals surface area contributed by atoms with Gasteiger partial charge in [-0.25, -0.2) is 0 Å². The average Bonchev–Trinajstić information content (AvgIpc) is 2.01. The number of aliphatic hydroxyl groups is 2. The number of ether oxygens (including phenoxy) is 1. The highest BCUT2D eigenvalue weighted by Crippen LogP contribution is 2.00. The van der Waals surface area contributed by atoms with Crippen LogP contribution in [-0.4, -0.2) is 23.4 Å². The molecule has 0 saturated carbocycles. The first-order valence-electron chi connectivity index (χ1n) is 3.66. The normalized spacial score (nSPS) is 12.0. The predicted molar refractivity (Wildman–Crippen MR) is 47.7 cm³/mol. The number of rotatable bonds is 5. The van der Waals surface area contributed by atoms with E-state index in [2.05, 4.69) is 6.58 Å². The summed E-state index contributed by atoms with van der Waals surface area (Å²) < 4.78 is 4.89. The van der Waals surface area contributed by atoms with Gasteiger partial charge in [-0.1, -0.05) is 12.7 Å². The van der Waals surface area contributed by atoms with Gasteiger partial charge in [0.25, 0.3) is 0 Å². The summed E-state index contributed by atoms with van der Waals surface area (Å²) in [4.78, 5) is 0. The molecule has 0 spiro atoms. The number of hydrogen-bond acceptors (Lipinski definition) is 3. The molecule has 68 valence electrons. The summed E-state index contributed by atoms with van der Waals surface area (Å²) in [6.07, 6.45) is 4.61. The van der Waals surface area contributed by atoms with Crippen LogP contribution in [0.3, 0.4) is 0 Å². The molecule has 2 N–H and O–H groups in total. The summed E-state index contributed by atoms with van der Waals surface area (Å²) in [7, 11) is 0. The van der Waals surface area contributed by atoms with E-state index in [-0.39, 0.29) is 19.0 Å². The van der Waals surface area contributed by atoms with Gasteiger partial charge in [0.1, 0.15) is 18.1 Å². The first kappa shape index (κ1) is 10.8.